The van der Waals surface area contributed by atoms with E-state index in [0.29, 0.717) is 0 Å². The van der Waals surface area contributed by atoms with Gasteiger partial charge in [0.15, 0.2) is 0 Å². The number of esters is 1. The third kappa shape index (κ3) is 3.67. The SMILES string of the molecule is CN1C=C(C(=O)OC(C)(C)C)C(N)(OCCO)N1. The number of hydrogen-bond donors (Lipinski definition) is 3. The number of ether oxygens (including phenoxy) is 2. The van der Waals surface area contributed by atoms with Gasteiger partial charge >= 0.3 is 5.97 Å². The number of carbonyl (C=O) groups excluding carboxylic acids is 1. The van der Waals surface area contributed by atoms with Gasteiger partial charge in [-0.15, -0.1) is 0 Å². The minimum absolute atomic E-state index is 0.0114. The van der Waals surface area contributed by atoms with Gasteiger partial charge in [0.25, 0.3) is 0 Å². The van der Waals surface area contributed by atoms with Crippen LogP contribution >= 0.6 is 0 Å². The maximum atomic E-state index is 12.0. The van der Waals surface area contributed by atoms with Gasteiger partial charge in [0.2, 0.25) is 5.85 Å². The minimum atomic E-state index is -1.47. The molecule has 1 unspecified atom stereocenters. The normalized spacial score (nSPS) is 24.1. The Kier molecular flexibility index (Phi) is 4.33. The third-order valence-electron chi connectivity index (χ3n) is 2.11. The Morgan fingerprint density at radius 1 is 1.61 bits per heavy atom. The van der Waals surface area contributed by atoms with Crippen LogP contribution in [0.15, 0.2) is 11.8 Å². The molecule has 0 spiro atoms. The zero-order valence-electron chi connectivity index (χ0n) is 11.2. The number of aliphatic hydroxyl groups is 1. The lowest BCUT2D eigenvalue weighted by molar-refractivity contribution is -0.155. The van der Waals surface area contributed by atoms with Gasteiger partial charge in [-0.1, -0.05) is 0 Å². The van der Waals surface area contributed by atoms with Gasteiger partial charge in [-0.25, -0.2) is 4.79 Å². The van der Waals surface area contributed by atoms with Crippen molar-refractivity contribution < 1.29 is 19.4 Å². The number of aliphatic hydroxyl groups excluding tert-OH is 1. The van der Waals surface area contributed by atoms with Crippen molar-refractivity contribution in [1.82, 2.24) is 10.4 Å². The molecule has 0 radical (unpaired) electrons. The van der Waals surface area contributed by atoms with Crippen molar-refractivity contribution in [3.05, 3.63) is 11.8 Å². The molecule has 1 aliphatic rings. The van der Waals surface area contributed by atoms with Crippen molar-refractivity contribution in [2.75, 3.05) is 20.3 Å². The molecular weight excluding hydrogens is 238 g/mol. The number of carbonyl (C=O) groups is 1. The number of hydrazine groups is 1. The molecule has 1 rings (SSSR count). The lowest BCUT2D eigenvalue weighted by Crippen LogP contribution is -2.58. The van der Waals surface area contributed by atoms with Gasteiger partial charge in [0, 0.05) is 13.2 Å². The molecule has 0 saturated heterocycles. The quantitative estimate of drug-likeness (QED) is 0.453. The van der Waals surface area contributed by atoms with E-state index >= 15 is 0 Å². The summed E-state index contributed by atoms with van der Waals surface area (Å²) in [5, 5.41) is 10.3. The average Bonchev–Trinajstić information content (AvgIpc) is 2.49. The Labute approximate surface area is 106 Å². The molecule has 0 aromatic carbocycles. The zero-order chi connectivity index (χ0) is 14.0. The van der Waals surface area contributed by atoms with Crippen LogP contribution in [0.4, 0.5) is 0 Å². The molecule has 4 N–H and O–H groups in total. The highest BCUT2D eigenvalue weighted by Crippen LogP contribution is 2.23. The second-order valence-corrected chi connectivity index (χ2v) is 5.08. The summed E-state index contributed by atoms with van der Waals surface area (Å²) < 4.78 is 10.5. The van der Waals surface area contributed by atoms with E-state index in [9.17, 15) is 4.79 Å². The first-order chi connectivity index (χ1) is 8.18. The summed E-state index contributed by atoms with van der Waals surface area (Å²) in [4.78, 5) is 12.0. The summed E-state index contributed by atoms with van der Waals surface area (Å²) in [5.74, 6) is -2.03. The van der Waals surface area contributed by atoms with E-state index in [1.54, 1.807) is 27.8 Å². The van der Waals surface area contributed by atoms with Crippen LogP contribution in [0.5, 0.6) is 0 Å². The van der Waals surface area contributed by atoms with Crippen LogP contribution in [0.2, 0.25) is 0 Å². The van der Waals surface area contributed by atoms with E-state index in [1.165, 1.54) is 11.2 Å². The Bertz CT molecular complexity index is 351. The van der Waals surface area contributed by atoms with Crippen molar-refractivity contribution in [2.45, 2.75) is 32.2 Å². The van der Waals surface area contributed by atoms with Crippen molar-refractivity contribution >= 4 is 5.97 Å². The summed E-state index contributed by atoms with van der Waals surface area (Å²) in [6.45, 7) is 5.13. The molecule has 1 aliphatic heterocycles. The van der Waals surface area contributed by atoms with Gasteiger partial charge in [0.1, 0.15) is 11.2 Å². The van der Waals surface area contributed by atoms with Crippen molar-refractivity contribution in [2.24, 2.45) is 5.73 Å². The monoisotopic (exact) mass is 259 g/mol. The van der Waals surface area contributed by atoms with E-state index in [1.807, 2.05) is 0 Å². The van der Waals surface area contributed by atoms with E-state index in [-0.39, 0.29) is 18.8 Å². The van der Waals surface area contributed by atoms with Gasteiger partial charge in [0.05, 0.1) is 13.2 Å². The maximum absolute atomic E-state index is 12.0. The van der Waals surface area contributed by atoms with Crippen LogP contribution in [0.25, 0.3) is 0 Å². The summed E-state index contributed by atoms with van der Waals surface area (Å²) >= 11 is 0. The highest BCUT2D eigenvalue weighted by atomic mass is 16.6. The van der Waals surface area contributed by atoms with Crippen LogP contribution in [-0.2, 0) is 14.3 Å². The molecule has 104 valence electrons. The Morgan fingerprint density at radius 3 is 2.72 bits per heavy atom. The van der Waals surface area contributed by atoms with Gasteiger partial charge in [-0.3, -0.25) is 5.73 Å². The first kappa shape index (κ1) is 14.9. The largest absolute Gasteiger partial charge is 0.456 e. The summed E-state index contributed by atoms with van der Waals surface area (Å²) in [6, 6.07) is 0. The molecule has 0 saturated carbocycles. The fourth-order valence-electron chi connectivity index (χ4n) is 1.50. The Hall–Kier alpha value is -1.15. The topological polar surface area (TPSA) is 97.1 Å². The van der Waals surface area contributed by atoms with E-state index in [0.717, 1.165) is 0 Å². The molecule has 0 aromatic rings. The summed E-state index contributed by atoms with van der Waals surface area (Å²) in [5.41, 5.74) is 8.26. The van der Waals surface area contributed by atoms with Crippen molar-refractivity contribution in [3.8, 4) is 0 Å². The molecule has 0 aromatic heterocycles. The molecule has 1 heterocycles. The van der Waals surface area contributed by atoms with Gasteiger partial charge < -0.3 is 19.6 Å². The van der Waals surface area contributed by atoms with Crippen LogP contribution in [-0.4, -0.2) is 47.8 Å². The number of rotatable bonds is 4. The number of nitrogens with two attached hydrogens (primary N) is 1. The lowest BCUT2D eigenvalue weighted by atomic mass is 10.1. The molecular formula is C11H21N3O4. The maximum Gasteiger partial charge on any atom is 0.342 e. The highest BCUT2D eigenvalue weighted by molar-refractivity contribution is 5.91. The van der Waals surface area contributed by atoms with Crippen LogP contribution in [0.1, 0.15) is 20.8 Å². The van der Waals surface area contributed by atoms with Gasteiger partial charge in [-0.05, 0) is 20.8 Å². The predicted octanol–water partition coefficient (Wildman–Crippen LogP) is -0.717. The fourth-order valence-corrected chi connectivity index (χ4v) is 1.50. The van der Waals surface area contributed by atoms with Crippen molar-refractivity contribution in [1.29, 1.82) is 0 Å². The molecule has 7 heteroatoms. The van der Waals surface area contributed by atoms with E-state index in [4.69, 9.17) is 20.3 Å². The smallest absolute Gasteiger partial charge is 0.342 e. The average molecular weight is 259 g/mol. The third-order valence-corrected chi connectivity index (χ3v) is 2.11. The summed E-state index contributed by atoms with van der Waals surface area (Å²) in [7, 11) is 1.68. The van der Waals surface area contributed by atoms with Crippen LogP contribution in [0.3, 0.4) is 0 Å². The molecule has 1 atom stereocenters. The molecule has 18 heavy (non-hydrogen) atoms. The minimum Gasteiger partial charge on any atom is -0.456 e. The van der Waals surface area contributed by atoms with Gasteiger partial charge in [-0.2, -0.15) is 5.43 Å². The number of hydrogen-bond acceptors (Lipinski definition) is 7. The summed E-state index contributed by atoms with van der Waals surface area (Å²) in [6.07, 6.45) is 1.51. The second kappa shape index (κ2) is 5.23. The second-order valence-electron chi connectivity index (χ2n) is 5.08. The number of nitrogens with one attached hydrogen (secondary N) is 1. The first-order valence-corrected chi connectivity index (χ1v) is 5.68. The Morgan fingerprint density at radius 2 is 2.22 bits per heavy atom. The molecule has 0 bridgehead atoms. The predicted molar refractivity (Wildman–Crippen MR) is 64.8 cm³/mol. The molecule has 0 amide bonds. The van der Waals surface area contributed by atoms with Crippen molar-refractivity contribution in [3.63, 3.8) is 0 Å². The molecule has 7 nitrogen and oxygen atoms in total. The van der Waals surface area contributed by atoms with E-state index < -0.39 is 17.4 Å². The Balaban J connectivity index is 2.83. The molecule has 0 aliphatic carbocycles. The number of nitrogens with zero attached hydrogens (tertiary/aromatic N) is 1. The van der Waals surface area contributed by atoms with Crippen LogP contribution < -0.4 is 11.2 Å². The first-order valence-electron chi connectivity index (χ1n) is 5.68. The van der Waals surface area contributed by atoms with Crippen LogP contribution in [0, 0.1) is 0 Å². The highest BCUT2D eigenvalue weighted by Gasteiger charge is 2.42. The zero-order valence-corrected chi connectivity index (χ0v) is 11.2. The lowest BCUT2D eigenvalue weighted by Gasteiger charge is -2.29. The van der Waals surface area contributed by atoms with E-state index in [2.05, 4.69) is 5.43 Å². The standard InChI is InChI=1S/C11H21N3O4/c1-10(2,3)18-9(16)8-7-14(4)13-11(8,12)17-6-5-15/h7,13,15H,5-6,12H2,1-4H3. The molecule has 0 fully saturated rings. The fraction of sp³-hybridized carbons (Fsp3) is 0.727.